The molecule has 1 atom stereocenters. The van der Waals surface area contributed by atoms with Crippen molar-refractivity contribution in [1.82, 2.24) is 14.9 Å². The van der Waals surface area contributed by atoms with Crippen LogP contribution in [0.5, 0.6) is 0 Å². The molecule has 1 unspecified atom stereocenters. The highest BCUT2D eigenvalue weighted by molar-refractivity contribution is 5.06. The van der Waals surface area contributed by atoms with Crippen molar-refractivity contribution in [3.8, 4) is 0 Å². The van der Waals surface area contributed by atoms with E-state index in [0.29, 0.717) is 5.92 Å². The van der Waals surface area contributed by atoms with E-state index in [9.17, 15) is 4.79 Å². The molecule has 4 heteroatoms. The van der Waals surface area contributed by atoms with Crippen LogP contribution < -0.4 is 11.0 Å². The summed E-state index contributed by atoms with van der Waals surface area (Å²) in [6.45, 7) is 7.72. The van der Waals surface area contributed by atoms with Gasteiger partial charge in [0.2, 0.25) is 0 Å². The van der Waals surface area contributed by atoms with E-state index in [-0.39, 0.29) is 5.69 Å². The van der Waals surface area contributed by atoms with Crippen molar-refractivity contribution in [3.63, 3.8) is 0 Å². The molecule has 0 bridgehead atoms. The standard InChI is InChI=1S/C13H21N3O/c1-9(7-14-12-4-5-12)8-16-11(3)6-10(2)15-13(16)17/h6,9,12,14H,4-5,7-8H2,1-3H3. The molecule has 1 saturated carbocycles. The summed E-state index contributed by atoms with van der Waals surface area (Å²) in [7, 11) is 0. The van der Waals surface area contributed by atoms with E-state index in [0.717, 1.165) is 30.5 Å². The Hall–Kier alpha value is -1.16. The minimum absolute atomic E-state index is 0.124. The van der Waals surface area contributed by atoms with E-state index in [1.807, 2.05) is 19.9 Å². The van der Waals surface area contributed by atoms with E-state index in [4.69, 9.17) is 0 Å². The summed E-state index contributed by atoms with van der Waals surface area (Å²) < 4.78 is 1.77. The molecule has 1 fully saturated rings. The Morgan fingerprint density at radius 3 is 2.82 bits per heavy atom. The molecule has 1 N–H and O–H groups in total. The molecule has 0 radical (unpaired) electrons. The Morgan fingerprint density at radius 1 is 1.53 bits per heavy atom. The molecule has 4 nitrogen and oxygen atoms in total. The van der Waals surface area contributed by atoms with E-state index in [2.05, 4.69) is 17.2 Å². The molecule has 17 heavy (non-hydrogen) atoms. The van der Waals surface area contributed by atoms with Crippen molar-refractivity contribution in [1.29, 1.82) is 0 Å². The average Bonchev–Trinajstić information content (AvgIpc) is 3.04. The summed E-state index contributed by atoms with van der Waals surface area (Å²) in [5.74, 6) is 0.455. The van der Waals surface area contributed by atoms with Gasteiger partial charge in [0.15, 0.2) is 0 Å². The largest absolute Gasteiger partial charge is 0.347 e. The van der Waals surface area contributed by atoms with Crippen LogP contribution in [-0.4, -0.2) is 22.1 Å². The second kappa shape index (κ2) is 5.00. The highest BCUT2D eigenvalue weighted by Crippen LogP contribution is 2.18. The highest BCUT2D eigenvalue weighted by atomic mass is 16.1. The normalized spacial score (nSPS) is 17.1. The number of nitrogens with one attached hydrogen (secondary N) is 1. The zero-order valence-electron chi connectivity index (χ0n) is 10.9. The minimum Gasteiger partial charge on any atom is -0.314 e. The molecule has 1 aliphatic rings. The number of hydrogen-bond donors (Lipinski definition) is 1. The maximum atomic E-state index is 11.8. The van der Waals surface area contributed by atoms with Crippen LogP contribution in [0.2, 0.25) is 0 Å². The lowest BCUT2D eigenvalue weighted by molar-refractivity contribution is 0.428. The molecular weight excluding hydrogens is 214 g/mol. The van der Waals surface area contributed by atoms with Gasteiger partial charge in [0.05, 0.1) is 0 Å². The van der Waals surface area contributed by atoms with Crippen LogP contribution in [0.4, 0.5) is 0 Å². The second-order valence-corrected chi connectivity index (χ2v) is 5.22. The van der Waals surface area contributed by atoms with Gasteiger partial charge in [-0.05, 0) is 45.2 Å². The molecule has 94 valence electrons. The Labute approximate surface area is 102 Å². The molecular formula is C13H21N3O. The van der Waals surface area contributed by atoms with E-state index in [1.54, 1.807) is 4.57 Å². The maximum Gasteiger partial charge on any atom is 0.347 e. The van der Waals surface area contributed by atoms with E-state index < -0.39 is 0 Å². The first-order valence-electron chi connectivity index (χ1n) is 6.34. The molecule has 0 amide bonds. The van der Waals surface area contributed by atoms with Gasteiger partial charge in [0.1, 0.15) is 0 Å². The average molecular weight is 235 g/mol. The SMILES string of the molecule is Cc1cc(C)n(CC(C)CNC2CC2)c(=O)n1. The topological polar surface area (TPSA) is 46.9 Å². The van der Waals surface area contributed by atoms with E-state index in [1.165, 1.54) is 12.8 Å². The van der Waals surface area contributed by atoms with Gasteiger partial charge in [0, 0.05) is 24.0 Å². The van der Waals surface area contributed by atoms with Gasteiger partial charge in [-0.15, -0.1) is 0 Å². The van der Waals surface area contributed by atoms with Gasteiger partial charge in [-0.2, -0.15) is 4.98 Å². The lowest BCUT2D eigenvalue weighted by Gasteiger charge is -2.16. The Balaban J connectivity index is 1.99. The summed E-state index contributed by atoms with van der Waals surface area (Å²) in [6, 6.07) is 2.69. The van der Waals surface area contributed by atoms with Crippen LogP contribution in [0.25, 0.3) is 0 Å². The first-order valence-corrected chi connectivity index (χ1v) is 6.34. The van der Waals surface area contributed by atoms with Crippen LogP contribution >= 0.6 is 0 Å². The summed E-state index contributed by atoms with van der Waals surface area (Å²) in [5, 5.41) is 3.49. The number of nitrogens with zero attached hydrogens (tertiary/aromatic N) is 2. The van der Waals surface area contributed by atoms with Crippen LogP contribution in [-0.2, 0) is 6.54 Å². The predicted octanol–water partition coefficient (Wildman–Crippen LogP) is 1.25. The molecule has 1 heterocycles. The van der Waals surface area contributed by atoms with Crippen molar-refractivity contribution in [2.45, 2.75) is 46.2 Å². The lowest BCUT2D eigenvalue weighted by Crippen LogP contribution is -2.32. The molecule has 0 aromatic carbocycles. The highest BCUT2D eigenvalue weighted by Gasteiger charge is 2.21. The van der Waals surface area contributed by atoms with Crippen molar-refractivity contribution in [3.05, 3.63) is 27.9 Å². The summed E-state index contributed by atoms with van der Waals surface area (Å²) in [4.78, 5) is 15.8. The van der Waals surface area contributed by atoms with Crippen molar-refractivity contribution < 1.29 is 0 Å². The lowest BCUT2D eigenvalue weighted by atomic mass is 10.1. The monoisotopic (exact) mass is 235 g/mol. The summed E-state index contributed by atoms with van der Waals surface area (Å²) >= 11 is 0. The zero-order chi connectivity index (χ0) is 12.4. The third-order valence-electron chi connectivity index (χ3n) is 3.17. The molecule has 1 aromatic heterocycles. The van der Waals surface area contributed by atoms with Crippen LogP contribution in [0.3, 0.4) is 0 Å². The van der Waals surface area contributed by atoms with Crippen molar-refractivity contribution >= 4 is 0 Å². The van der Waals surface area contributed by atoms with Gasteiger partial charge in [-0.25, -0.2) is 4.79 Å². The maximum absolute atomic E-state index is 11.8. The Morgan fingerprint density at radius 2 is 2.24 bits per heavy atom. The first kappa shape index (κ1) is 12.3. The van der Waals surface area contributed by atoms with Gasteiger partial charge >= 0.3 is 5.69 Å². The van der Waals surface area contributed by atoms with Gasteiger partial charge in [-0.1, -0.05) is 6.92 Å². The van der Waals surface area contributed by atoms with Gasteiger partial charge < -0.3 is 5.32 Å². The minimum atomic E-state index is -0.124. The third-order valence-corrected chi connectivity index (χ3v) is 3.17. The number of hydrogen-bond acceptors (Lipinski definition) is 3. The molecule has 0 spiro atoms. The van der Waals surface area contributed by atoms with Gasteiger partial charge in [-0.3, -0.25) is 4.57 Å². The fraction of sp³-hybridized carbons (Fsp3) is 0.692. The number of aryl methyl sites for hydroxylation is 2. The van der Waals surface area contributed by atoms with Gasteiger partial charge in [0.25, 0.3) is 0 Å². The Kier molecular flexibility index (Phi) is 3.62. The second-order valence-electron chi connectivity index (χ2n) is 5.22. The van der Waals surface area contributed by atoms with Crippen molar-refractivity contribution in [2.75, 3.05) is 6.54 Å². The molecule has 1 aromatic rings. The van der Waals surface area contributed by atoms with E-state index >= 15 is 0 Å². The fourth-order valence-corrected chi connectivity index (χ4v) is 2.03. The van der Waals surface area contributed by atoms with Crippen LogP contribution in [0.1, 0.15) is 31.2 Å². The van der Waals surface area contributed by atoms with Crippen LogP contribution in [0, 0.1) is 19.8 Å². The number of rotatable bonds is 5. The summed E-state index contributed by atoms with van der Waals surface area (Å²) in [5.41, 5.74) is 1.68. The third kappa shape index (κ3) is 3.40. The zero-order valence-corrected chi connectivity index (χ0v) is 10.9. The smallest absolute Gasteiger partial charge is 0.314 e. The molecule has 0 saturated heterocycles. The summed E-state index contributed by atoms with van der Waals surface area (Å²) in [6.07, 6.45) is 2.61. The van der Waals surface area contributed by atoms with Crippen LogP contribution in [0.15, 0.2) is 10.9 Å². The quantitative estimate of drug-likeness (QED) is 0.835. The predicted molar refractivity (Wildman–Crippen MR) is 68.2 cm³/mol. The first-order chi connectivity index (χ1) is 8.06. The Bertz CT molecular complexity index is 448. The number of aromatic nitrogens is 2. The molecule has 0 aliphatic heterocycles. The fourth-order valence-electron chi connectivity index (χ4n) is 2.03. The molecule has 2 rings (SSSR count). The van der Waals surface area contributed by atoms with Crippen molar-refractivity contribution in [2.24, 2.45) is 5.92 Å². The molecule has 1 aliphatic carbocycles.